The van der Waals surface area contributed by atoms with Crippen LogP contribution in [0, 0.1) is 0 Å². The molecule has 0 unspecified atom stereocenters. The number of rotatable bonds is 8. The van der Waals surface area contributed by atoms with Gasteiger partial charge in [-0.1, -0.05) is 6.92 Å². The molecule has 0 aromatic carbocycles. The zero-order valence-corrected chi connectivity index (χ0v) is 9.57. The Balaban J connectivity index is 1.92. The zero-order valence-electron chi connectivity index (χ0n) is 9.57. The minimum absolute atomic E-state index is 0.489. The molecule has 1 aliphatic carbocycles. The number of hydrogen-bond acceptors (Lipinski definition) is 3. The average Bonchev–Trinajstić information content (AvgIpc) is 2.15. The molecule has 0 saturated heterocycles. The molecule has 0 atom stereocenters. The van der Waals surface area contributed by atoms with E-state index in [9.17, 15) is 0 Å². The van der Waals surface area contributed by atoms with Gasteiger partial charge in [-0.05, 0) is 25.7 Å². The van der Waals surface area contributed by atoms with Gasteiger partial charge < -0.3 is 15.4 Å². The molecular formula is C11H24N2O. The van der Waals surface area contributed by atoms with Gasteiger partial charge in [-0.15, -0.1) is 0 Å². The van der Waals surface area contributed by atoms with Crippen LogP contribution in [0.1, 0.15) is 32.6 Å². The van der Waals surface area contributed by atoms with E-state index in [-0.39, 0.29) is 0 Å². The lowest BCUT2D eigenvalue weighted by Gasteiger charge is -2.42. The second-order valence-electron chi connectivity index (χ2n) is 4.16. The van der Waals surface area contributed by atoms with Crippen LogP contribution < -0.4 is 10.6 Å². The van der Waals surface area contributed by atoms with Crippen LogP contribution in [0.4, 0.5) is 0 Å². The first kappa shape index (κ1) is 12.0. The molecule has 0 heterocycles. The Morgan fingerprint density at radius 3 is 2.50 bits per heavy atom. The Kier molecular flexibility index (Phi) is 5.45. The highest BCUT2D eigenvalue weighted by atomic mass is 16.5. The fourth-order valence-corrected chi connectivity index (χ4v) is 1.97. The van der Waals surface area contributed by atoms with E-state index in [0.29, 0.717) is 5.54 Å². The van der Waals surface area contributed by atoms with Gasteiger partial charge in [0, 0.05) is 32.3 Å². The third-order valence-electron chi connectivity index (χ3n) is 3.27. The van der Waals surface area contributed by atoms with Gasteiger partial charge in [-0.3, -0.25) is 0 Å². The van der Waals surface area contributed by atoms with Crippen LogP contribution in [0.5, 0.6) is 0 Å². The summed E-state index contributed by atoms with van der Waals surface area (Å²) >= 11 is 0. The minimum Gasteiger partial charge on any atom is -0.383 e. The van der Waals surface area contributed by atoms with Crippen molar-refractivity contribution in [2.45, 2.75) is 38.1 Å². The summed E-state index contributed by atoms with van der Waals surface area (Å²) in [7, 11) is 1.74. The van der Waals surface area contributed by atoms with Gasteiger partial charge >= 0.3 is 0 Å². The molecule has 3 heteroatoms. The minimum atomic E-state index is 0.489. The van der Waals surface area contributed by atoms with Gasteiger partial charge in [-0.2, -0.15) is 0 Å². The number of hydrogen-bond donors (Lipinski definition) is 2. The van der Waals surface area contributed by atoms with Crippen LogP contribution in [0.15, 0.2) is 0 Å². The van der Waals surface area contributed by atoms with Crippen molar-refractivity contribution in [2.75, 3.05) is 33.4 Å². The molecule has 1 rings (SSSR count). The molecule has 3 nitrogen and oxygen atoms in total. The fraction of sp³-hybridized carbons (Fsp3) is 1.00. The first-order valence-electron chi connectivity index (χ1n) is 5.78. The lowest BCUT2D eigenvalue weighted by Crippen LogP contribution is -2.52. The average molecular weight is 200 g/mol. The van der Waals surface area contributed by atoms with Crippen molar-refractivity contribution < 1.29 is 4.74 Å². The Labute approximate surface area is 87.6 Å². The van der Waals surface area contributed by atoms with E-state index < -0.39 is 0 Å². The van der Waals surface area contributed by atoms with Gasteiger partial charge in [0.2, 0.25) is 0 Å². The highest BCUT2D eigenvalue weighted by molar-refractivity contribution is 4.94. The first-order chi connectivity index (χ1) is 6.83. The van der Waals surface area contributed by atoms with Crippen molar-refractivity contribution >= 4 is 0 Å². The van der Waals surface area contributed by atoms with Crippen molar-refractivity contribution in [1.29, 1.82) is 0 Å². The maximum absolute atomic E-state index is 4.96. The molecule has 0 aliphatic heterocycles. The van der Waals surface area contributed by atoms with Crippen molar-refractivity contribution in [3.05, 3.63) is 0 Å². The normalized spacial score (nSPS) is 19.3. The predicted molar refractivity (Wildman–Crippen MR) is 59.6 cm³/mol. The maximum Gasteiger partial charge on any atom is 0.0587 e. The summed E-state index contributed by atoms with van der Waals surface area (Å²) in [4.78, 5) is 0. The van der Waals surface area contributed by atoms with Gasteiger partial charge in [-0.25, -0.2) is 0 Å². The number of methoxy groups -OCH3 is 1. The van der Waals surface area contributed by atoms with E-state index >= 15 is 0 Å². The Morgan fingerprint density at radius 1 is 1.21 bits per heavy atom. The van der Waals surface area contributed by atoms with Crippen LogP contribution in [0.2, 0.25) is 0 Å². The molecular weight excluding hydrogens is 176 g/mol. The van der Waals surface area contributed by atoms with Crippen molar-refractivity contribution in [3.63, 3.8) is 0 Å². The highest BCUT2D eigenvalue weighted by Gasteiger charge is 2.33. The summed E-state index contributed by atoms with van der Waals surface area (Å²) in [5.41, 5.74) is 0.489. The van der Waals surface area contributed by atoms with Crippen LogP contribution in [0.25, 0.3) is 0 Å². The van der Waals surface area contributed by atoms with Crippen LogP contribution in [0.3, 0.4) is 0 Å². The molecule has 0 aromatic heterocycles. The second-order valence-corrected chi connectivity index (χ2v) is 4.16. The van der Waals surface area contributed by atoms with Gasteiger partial charge in [0.1, 0.15) is 0 Å². The molecule has 1 fully saturated rings. The summed E-state index contributed by atoms with van der Waals surface area (Å²) in [5, 5.41) is 7.00. The SMILES string of the molecule is CCC1(NCCNCCOC)CCC1. The summed E-state index contributed by atoms with van der Waals surface area (Å²) in [6.07, 6.45) is 5.39. The summed E-state index contributed by atoms with van der Waals surface area (Å²) < 4.78 is 4.96. The standard InChI is InChI=1S/C11H24N2O/c1-3-11(5-4-6-11)13-8-7-12-9-10-14-2/h12-13H,3-10H2,1-2H3. The molecule has 0 radical (unpaired) electrons. The van der Waals surface area contributed by atoms with Crippen LogP contribution in [-0.2, 0) is 4.74 Å². The highest BCUT2D eigenvalue weighted by Crippen LogP contribution is 2.34. The summed E-state index contributed by atoms with van der Waals surface area (Å²) in [5.74, 6) is 0. The van der Waals surface area contributed by atoms with Crippen molar-refractivity contribution in [2.24, 2.45) is 0 Å². The molecule has 0 amide bonds. The zero-order chi connectivity index (χ0) is 10.3. The largest absolute Gasteiger partial charge is 0.383 e. The predicted octanol–water partition coefficient (Wildman–Crippen LogP) is 1.14. The second kappa shape index (κ2) is 6.38. The molecule has 1 aliphatic rings. The maximum atomic E-state index is 4.96. The third kappa shape index (κ3) is 3.56. The lowest BCUT2D eigenvalue weighted by atomic mass is 9.75. The third-order valence-corrected chi connectivity index (χ3v) is 3.27. The van der Waals surface area contributed by atoms with E-state index in [1.54, 1.807) is 7.11 Å². The van der Waals surface area contributed by atoms with Crippen molar-refractivity contribution in [3.8, 4) is 0 Å². The molecule has 0 aromatic rings. The molecule has 84 valence electrons. The monoisotopic (exact) mass is 200 g/mol. The van der Waals surface area contributed by atoms with Crippen LogP contribution >= 0.6 is 0 Å². The Morgan fingerprint density at radius 2 is 2.00 bits per heavy atom. The van der Waals surface area contributed by atoms with Gasteiger partial charge in [0.25, 0.3) is 0 Å². The van der Waals surface area contributed by atoms with E-state index in [0.717, 1.165) is 26.2 Å². The van der Waals surface area contributed by atoms with Gasteiger partial charge in [0.15, 0.2) is 0 Å². The smallest absolute Gasteiger partial charge is 0.0587 e. The quantitative estimate of drug-likeness (QED) is 0.577. The van der Waals surface area contributed by atoms with Crippen molar-refractivity contribution in [1.82, 2.24) is 10.6 Å². The molecule has 0 spiro atoms. The van der Waals surface area contributed by atoms with Crippen LogP contribution in [-0.4, -0.2) is 38.9 Å². The summed E-state index contributed by atoms with van der Waals surface area (Å²) in [6, 6.07) is 0. The lowest BCUT2D eigenvalue weighted by molar-refractivity contribution is 0.175. The Hall–Kier alpha value is -0.120. The van der Waals surface area contributed by atoms with E-state index in [1.165, 1.54) is 25.7 Å². The molecule has 2 N–H and O–H groups in total. The van der Waals surface area contributed by atoms with E-state index in [4.69, 9.17) is 4.74 Å². The topological polar surface area (TPSA) is 33.3 Å². The summed E-state index contributed by atoms with van der Waals surface area (Å²) in [6.45, 7) is 6.17. The van der Waals surface area contributed by atoms with E-state index in [2.05, 4.69) is 17.6 Å². The molecule has 14 heavy (non-hydrogen) atoms. The first-order valence-corrected chi connectivity index (χ1v) is 5.78. The van der Waals surface area contributed by atoms with Gasteiger partial charge in [0.05, 0.1) is 6.61 Å². The molecule has 1 saturated carbocycles. The Bertz CT molecular complexity index is 141. The number of nitrogens with one attached hydrogen (secondary N) is 2. The number of ether oxygens (including phenoxy) is 1. The van der Waals surface area contributed by atoms with E-state index in [1.807, 2.05) is 0 Å². The fourth-order valence-electron chi connectivity index (χ4n) is 1.97. The molecule has 0 bridgehead atoms.